The van der Waals surface area contributed by atoms with Crippen LogP contribution in [0.4, 0.5) is 0 Å². The molecule has 1 aromatic carbocycles. The van der Waals surface area contributed by atoms with E-state index in [2.05, 4.69) is 51.2 Å². The molecule has 0 spiro atoms. The van der Waals surface area contributed by atoms with Gasteiger partial charge in [-0.2, -0.15) is 0 Å². The summed E-state index contributed by atoms with van der Waals surface area (Å²) in [5.74, 6) is 0.335. The number of rotatable bonds is 6. The summed E-state index contributed by atoms with van der Waals surface area (Å²) in [7, 11) is 0. The molecule has 1 unspecified atom stereocenters. The fraction of sp³-hybridized carbons (Fsp3) is 0.333. The van der Waals surface area contributed by atoms with E-state index in [-0.39, 0.29) is 0 Å². The molecule has 0 bridgehead atoms. The average Bonchev–Trinajstić information content (AvgIpc) is 2.80. The molecule has 1 N–H and O–H groups in total. The van der Waals surface area contributed by atoms with Crippen LogP contribution in [0.2, 0.25) is 10.0 Å². The predicted molar refractivity (Wildman–Crippen MR) is 141 cm³/mol. The Labute approximate surface area is 195 Å². The Morgan fingerprint density at radius 2 is 1.60 bits per heavy atom. The van der Waals surface area contributed by atoms with Crippen molar-refractivity contribution in [3.05, 3.63) is 101 Å². The molecule has 0 aliphatic heterocycles. The van der Waals surface area contributed by atoms with Crippen molar-refractivity contribution in [1.29, 1.82) is 0 Å². The van der Waals surface area contributed by atoms with E-state index in [1.165, 1.54) is 0 Å². The lowest BCUT2D eigenvalue weighted by Crippen LogP contribution is -2.18. The number of nitrogens with one attached hydrogen (secondary N) is 1. The van der Waals surface area contributed by atoms with Gasteiger partial charge in [-0.1, -0.05) is 109 Å². The summed E-state index contributed by atoms with van der Waals surface area (Å²) in [6, 6.07) is 3.94. The molecule has 3 heteroatoms. The number of halogens is 2. The van der Waals surface area contributed by atoms with Gasteiger partial charge in [0.2, 0.25) is 0 Å². The molecule has 0 saturated heterocycles. The first-order valence-corrected chi connectivity index (χ1v) is 11.3. The van der Waals surface area contributed by atoms with Crippen LogP contribution in [0.25, 0.3) is 5.57 Å². The third-order valence-corrected chi connectivity index (χ3v) is 5.29. The summed E-state index contributed by atoms with van der Waals surface area (Å²) in [5, 5.41) is 4.48. The number of allylic oxidation sites excluding steroid dienone is 6. The summed E-state index contributed by atoms with van der Waals surface area (Å²) in [6.07, 6.45) is 7.02. The highest BCUT2D eigenvalue weighted by Gasteiger charge is 2.15. The Bertz CT molecular complexity index is 769. The normalized spacial score (nSPS) is 13.9. The van der Waals surface area contributed by atoms with Gasteiger partial charge in [0.05, 0.1) is 10.0 Å². The standard InChI is InChI=1S/C21H23Cl2N.2C2H6.C2H4/c1-6-13(2)15(4)18-11-10-17(20(22)21(18)23)12-24-19-9-7-8-14(3)16(19)5;3*1-2/h7-11,14,24H,2,4-6,12H2,1,3H3;2*1-2H3;1-2H2. The van der Waals surface area contributed by atoms with Crippen molar-refractivity contribution in [3.8, 4) is 0 Å². The van der Waals surface area contributed by atoms with Gasteiger partial charge >= 0.3 is 0 Å². The van der Waals surface area contributed by atoms with Crippen molar-refractivity contribution in [2.75, 3.05) is 0 Å². The fourth-order valence-corrected chi connectivity index (χ4v) is 3.04. The van der Waals surface area contributed by atoms with E-state index in [0.29, 0.717) is 22.5 Å². The second-order valence-corrected chi connectivity index (χ2v) is 6.72. The van der Waals surface area contributed by atoms with Gasteiger partial charge < -0.3 is 5.32 Å². The molecular weight excluding hydrogens is 409 g/mol. The molecule has 0 saturated carbocycles. The zero-order valence-electron chi connectivity index (χ0n) is 19.7. The first-order chi connectivity index (χ1) is 14.4. The first kappa shape index (κ1) is 30.2. The summed E-state index contributed by atoms with van der Waals surface area (Å²) in [5.41, 5.74) is 5.69. The maximum absolute atomic E-state index is 6.47. The van der Waals surface area contributed by atoms with Gasteiger partial charge in [0, 0.05) is 23.7 Å². The van der Waals surface area contributed by atoms with Crippen LogP contribution in [0.5, 0.6) is 0 Å². The SMILES string of the molecule is C=C.C=C(CC)C(=C)c1ccc(CNC2=CC=CC(C)C2=C)c(Cl)c1Cl.CC.CC. The Morgan fingerprint density at radius 1 is 1.03 bits per heavy atom. The molecule has 30 heavy (non-hydrogen) atoms. The molecule has 2 rings (SSSR count). The third-order valence-electron chi connectivity index (χ3n) is 4.37. The smallest absolute Gasteiger partial charge is 0.0674 e. The van der Waals surface area contributed by atoms with Gasteiger partial charge in [-0.25, -0.2) is 0 Å². The minimum absolute atomic E-state index is 0.335. The van der Waals surface area contributed by atoms with Crippen molar-refractivity contribution in [1.82, 2.24) is 5.32 Å². The zero-order chi connectivity index (χ0) is 23.9. The van der Waals surface area contributed by atoms with E-state index in [4.69, 9.17) is 23.2 Å². The first-order valence-electron chi connectivity index (χ1n) is 10.5. The highest BCUT2D eigenvalue weighted by atomic mass is 35.5. The number of hydrogen-bond donors (Lipinski definition) is 1. The molecule has 1 aliphatic rings. The van der Waals surface area contributed by atoms with Crippen LogP contribution in [-0.2, 0) is 6.54 Å². The summed E-state index contributed by atoms with van der Waals surface area (Å²) >= 11 is 12.9. The molecule has 1 nitrogen and oxygen atoms in total. The van der Waals surface area contributed by atoms with Crippen LogP contribution >= 0.6 is 23.2 Å². The van der Waals surface area contributed by atoms with E-state index in [1.54, 1.807) is 0 Å². The van der Waals surface area contributed by atoms with Crippen molar-refractivity contribution in [2.24, 2.45) is 5.92 Å². The average molecular weight is 449 g/mol. The van der Waals surface area contributed by atoms with E-state index in [0.717, 1.165) is 40.0 Å². The lowest BCUT2D eigenvalue weighted by Gasteiger charge is -2.20. The van der Waals surface area contributed by atoms with Gasteiger partial charge in [0.15, 0.2) is 0 Å². The summed E-state index contributed by atoms with van der Waals surface area (Å²) < 4.78 is 0. The number of benzene rings is 1. The third kappa shape index (κ3) is 8.42. The second-order valence-electron chi connectivity index (χ2n) is 5.97. The maximum Gasteiger partial charge on any atom is 0.0674 e. The molecule has 166 valence electrons. The lowest BCUT2D eigenvalue weighted by molar-refractivity contribution is 0.760. The highest BCUT2D eigenvalue weighted by Crippen LogP contribution is 2.36. The van der Waals surface area contributed by atoms with E-state index in [1.807, 2.05) is 58.9 Å². The van der Waals surface area contributed by atoms with Crippen LogP contribution < -0.4 is 5.32 Å². The van der Waals surface area contributed by atoms with Gasteiger partial charge in [-0.15, -0.1) is 13.2 Å². The Kier molecular flexibility index (Phi) is 16.9. The second kappa shape index (κ2) is 16.8. The molecule has 0 amide bonds. The molecule has 1 aromatic rings. The van der Waals surface area contributed by atoms with Gasteiger partial charge in [-0.3, -0.25) is 0 Å². The summed E-state index contributed by atoms with van der Waals surface area (Å²) in [4.78, 5) is 0. The van der Waals surface area contributed by atoms with Crippen LogP contribution in [0.1, 0.15) is 59.1 Å². The van der Waals surface area contributed by atoms with Crippen LogP contribution in [0.15, 0.2) is 80.1 Å². The minimum Gasteiger partial charge on any atom is -0.381 e. The maximum atomic E-state index is 6.47. The van der Waals surface area contributed by atoms with E-state index < -0.39 is 0 Å². The predicted octanol–water partition coefficient (Wildman–Crippen LogP) is 9.56. The quantitative estimate of drug-likeness (QED) is 0.337. The Balaban J connectivity index is 0. The van der Waals surface area contributed by atoms with Gasteiger partial charge in [-0.05, 0) is 34.8 Å². The zero-order valence-corrected chi connectivity index (χ0v) is 21.2. The van der Waals surface area contributed by atoms with Gasteiger partial charge in [0.25, 0.3) is 0 Å². The van der Waals surface area contributed by atoms with Crippen LogP contribution in [-0.4, -0.2) is 0 Å². The molecule has 0 heterocycles. The van der Waals surface area contributed by atoms with E-state index in [9.17, 15) is 0 Å². The lowest BCUT2D eigenvalue weighted by atomic mass is 9.94. The topological polar surface area (TPSA) is 12.0 Å². The molecule has 0 aromatic heterocycles. The molecule has 1 atom stereocenters. The molecular formula is C27H39Cl2N. The van der Waals surface area contributed by atoms with Crippen molar-refractivity contribution < 1.29 is 0 Å². The van der Waals surface area contributed by atoms with E-state index >= 15 is 0 Å². The fourth-order valence-electron chi connectivity index (χ4n) is 2.51. The van der Waals surface area contributed by atoms with Gasteiger partial charge in [0.1, 0.15) is 0 Å². The Morgan fingerprint density at radius 3 is 2.13 bits per heavy atom. The Hall–Kier alpha value is -1.96. The van der Waals surface area contributed by atoms with Crippen LogP contribution in [0.3, 0.4) is 0 Å². The monoisotopic (exact) mass is 447 g/mol. The summed E-state index contributed by atoms with van der Waals surface area (Å²) in [6.45, 7) is 31.0. The molecule has 0 fully saturated rings. The molecule has 1 aliphatic carbocycles. The largest absolute Gasteiger partial charge is 0.381 e. The van der Waals surface area contributed by atoms with Crippen LogP contribution in [0, 0.1) is 5.92 Å². The van der Waals surface area contributed by atoms with Crippen molar-refractivity contribution >= 4 is 28.8 Å². The molecule has 0 radical (unpaired) electrons. The van der Waals surface area contributed by atoms with Crippen molar-refractivity contribution in [3.63, 3.8) is 0 Å². The highest BCUT2D eigenvalue weighted by molar-refractivity contribution is 6.43. The minimum atomic E-state index is 0.335. The number of hydrogen-bond acceptors (Lipinski definition) is 1. The van der Waals surface area contributed by atoms with Crippen molar-refractivity contribution in [2.45, 2.75) is 54.5 Å².